The first-order valence-corrected chi connectivity index (χ1v) is 4.16. The summed E-state index contributed by atoms with van der Waals surface area (Å²) in [7, 11) is 1.31. The molecule has 0 atom stereocenters. The molecule has 0 aromatic carbocycles. The normalized spacial score (nSPS) is 10.6. The Kier molecular flexibility index (Phi) is 11.2. The minimum absolute atomic E-state index is 0.394. The van der Waals surface area contributed by atoms with Gasteiger partial charge < -0.3 is 9.47 Å². The molecule has 0 aromatic rings. The van der Waals surface area contributed by atoms with Crippen molar-refractivity contribution in [3.8, 4) is 6.07 Å². The van der Waals surface area contributed by atoms with Crippen molar-refractivity contribution in [2.75, 3.05) is 7.11 Å². The van der Waals surface area contributed by atoms with E-state index in [0.29, 0.717) is 0 Å². The van der Waals surface area contributed by atoms with Crippen LogP contribution in [-0.4, -0.2) is 25.0 Å². The van der Waals surface area contributed by atoms with Crippen molar-refractivity contribution in [3.63, 3.8) is 0 Å². The SMILES string of the molecule is C=CC#N.C=CC(=O)OC.O=C1C=CC(=O)O1. The topological polar surface area (TPSA) is 93.5 Å². The average molecular weight is 237 g/mol. The maximum Gasteiger partial charge on any atom is 0.338 e. The second-order valence-electron chi connectivity index (χ2n) is 2.13. The predicted octanol–water partition coefficient (Wildman–Crippen LogP) is 0.667. The van der Waals surface area contributed by atoms with Crippen LogP contribution in [-0.2, 0) is 23.9 Å². The summed E-state index contributed by atoms with van der Waals surface area (Å²) in [6.45, 7) is 6.27. The maximum atomic E-state index is 9.92. The molecule has 0 spiro atoms. The number of hydrogen-bond donors (Lipinski definition) is 0. The van der Waals surface area contributed by atoms with Gasteiger partial charge in [-0.15, -0.1) is 0 Å². The first-order chi connectivity index (χ1) is 8.01. The molecule has 0 saturated heterocycles. The molecule has 0 aliphatic carbocycles. The van der Waals surface area contributed by atoms with E-state index in [1.165, 1.54) is 13.2 Å². The van der Waals surface area contributed by atoms with Crippen LogP contribution < -0.4 is 0 Å². The number of allylic oxidation sites excluding steroid dienone is 1. The van der Waals surface area contributed by atoms with Gasteiger partial charge in [0.2, 0.25) is 0 Å². The number of hydrogen-bond acceptors (Lipinski definition) is 6. The lowest BCUT2D eigenvalue weighted by atomic mass is 10.6. The van der Waals surface area contributed by atoms with Crippen LogP contribution >= 0.6 is 0 Å². The third kappa shape index (κ3) is 13.3. The fourth-order valence-corrected chi connectivity index (χ4v) is 0.387. The lowest BCUT2D eigenvalue weighted by Gasteiger charge is -1.83. The van der Waals surface area contributed by atoms with Crippen molar-refractivity contribution in [1.29, 1.82) is 5.26 Å². The molecule has 17 heavy (non-hydrogen) atoms. The molecule has 1 heterocycles. The highest BCUT2D eigenvalue weighted by atomic mass is 16.6. The summed E-state index contributed by atoms with van der Waals surface area (Å²) in [5.41, 5.74) is 0. The largest absolute Gasteiger partial charge is 0.466 e. The highest BCUT2D eigenvalue weighted by Crippen LogP contribution is 1.92. The van der Waals surface area contributed by atoms with Crippen molar-refractivity contribution >= 4 is 17.9 Å². The van der Waals surface area contributed by atoms with E-state index in [4.69, 9.17) is 5.26 Å². The monoisotopic (exact) mass is 237 g/mol. The first-order valence-electron chi connectivity index (χ1n) is 4.16. The molecular weight excluding hydrogens is 226 g/mol. The summed E-state index contributed by atoms with van der Waals surface area (Å²) in [5, 5.41) is 7.51. The van der Waals surface area contributed by atoms with Gasteiger partial charge in [0.15, 0.2) is 0 Å². The van der Waals surface area contributed by atoms with Crippen LogP contribution in [0.5, 0.6) is 0 Å². The molecule has 0 fully saturated rings. The maximum absolute atomic E-state index is 9.92. The number of nitrogens with zero attached hydrogens (tertiary/aromatic N) is 1. The fourth-order valence-electron chi connectivity index (χ4n) is 0.387. The second kappa shape index (κ2) is 11.4. The van der Waals surface area contributed by atoms with Gasteiger partial charge in [0.05, 0.1) is 13.2 Å². The Balaban J connectivity index is 0. The van der Waals surface area contributed by atoms with Crippen molar-refractivity contribution in [2.45, 2.75) is 0 Å². The predicted molar refractivity (Wildman–Crippen MR) is 58.3 cm³/mol. The van der Waals surface area contributed by atoms with Gasteiger partial charge in [-0.3, -0.25) is 0 Å². The van der Waals surface area contributed by atoms with Crippen molar-refractivity contribution in [1.82, 2.24) is 0 Å². The Labute approximate surface area is 98.4 Å². The van der Waals surface area contributed by atoms with Crippen molar-refractivity contribution in [3.05, 3.63) is 37.5 Å². The molecule has 6 nitrogen and oxygen atoms in total. The highest BCUT2D eigenvalue weighted by Gasteiger charge is 2.10. The summed E-state index contributed by atoms with van der Waals surface area (Å²) < 4.78 is 8.11. The van der Waals surface area contributed by atoms with Crippen LogP contribution in [0.1, 0.15) is 0 Å². The third-order valence-electron chi connectivity index (χ3n) is 1.02. The molecular formula is C11H11NO5. The van der Waals surface area contributed by atoms with E-state index >= 15 is 0 Å². The summed E-state index contributed by atoms with van der Waals surface area (Å²) >= 11 is 0. The molecule has 0 aromatic heterocycles. The molecule has 0 N–H and O–H groups in total. The quantitative estimate of drug-likeness (QED) is 0.288. The smallest absolute Gasteiger partial charge is 0.338 e. The van der Waals surface area contributed by atoms with Crippen LogP contribution in [0.15, 0.2) is 37.5 Å². The van der Waals surface area contributed by atoms with E-state index in [2.05, 4.69) is 22.6 Å². The highest BCUT2D eigenvalue weighted by molar-refractivity contribution is 6.04. The van der Waals surface area contributed by atoms with Gasteiger partial charge in [0.25, 0.3) is 0 Å². The number of rotatable bonds is 1. The molecule has 0 amide bonds. The molecule has 0 unspecified atom stereocenters. The van der Waals surface area contributed by atoms with E-state index in [1.54, 1.807) is 6.07 Å². The molecule has 6 heteroatoms. The summed E-state index contributed by atoms with van der Waals surface area (Å²) in [6, 6.07) is 1.69. The molecule has 0 radical (unpaired) electrons. The van der Waals surface area contributed by atoms with E-state index in [1.807, 2.05) is 0 Å². The Hall–Kier alpha value is -2.68. The van der Waals surface area contributed by atoms with Crippen LogP contribution in [0.3, 0.4) is 0 Å². The van der Waals surface area contributed by atoms with Gasteiger partial charge in [-0.05, 0) is 0 Å². The van der Waals surface area contributed by atoms with Crippen LogP contribution in [0.4, 0.5) is 0 Å². The Morgan fingerprint density at radius 2 is 1.82 bits per heavy atom. The molecule has 0 bridgehead atoms. The second-order valence-corrected chi connectivity index (χ2v) is 2.13. The number of nitriles is 1. The zero-order chi connectivity index (χ0) is 13.7. The Bertz CT molecular complexity index is 360. The Morgan fingerprint density at radius 1 is 1.41 bits per heavy atom. The van der Waals surface area contributed by atoms with E-state index in [9.17, 15) is 14.4 Å². The molecule has 1 aliphatic heterocycles. The van der Waals surface area contributed by atoms with Gasteiger partial charge in [-0.2, -0.15) is 5.26 Å². The number of cyclic esters (lactones) is 2. The molecule has 1 aliphatic rings. The lowest BCUT2D eigenvalue weighted by molar-refractivity contribution is -0.150. The summed E-state index contributed by atoms with van der Waals surface area (Å²) in [6.07, 6.45) is 4.46. The van der Waals surface area contributed by atoms with E-state index in [-0.39, 0.29) is 0 Å². The average Bonchev–Trinajstić information content (AvgIpc) is 2.73. The number of carbonyl (C=O) groups is 3. The zero-order valence-electron chi connectivity index (χ0n) is 9.21. The van der Waals surface area contributed by atoms with Gasteiger partial charge in [0.1, 0.15) is 0 Å². The number of esters is 3. The zero-order valence-corrected chi connectivity index (χ0v) is 9.21. The number of carbonyl (C=O) groups excluding carboxylic acids is 3. The molecule has 90 valence electrons. The minimum Gasteiger partial charge on any atom is -0.466 e. The number of ether oxygens (including phenoxy) is 2. The van der Waals surface area contributed by atoms with E-state index in [0.717, 1.165) is 18.2 Å². The van der Waals surface area contributed by atoms with Crippen LogP contribution in [0.25, 0.3) is 0 Å². The third-order valence-corrected chi connectivity index (χ3v) is 1.02. The van der Waals surface area contributed by atoms with Crippen LogP contribution in [0.2, 0.25) is 0 Å². The van der Waals surface area contributed by atoms with Gasteiger partial charge in [-0.25, -0.2) is 14.4 Å². The number of methoxy groups -OCH3 is 1. The summed E-state index contributed by atoms with van der Waals surface area (Å²) in [5.74, 6) is -1.55. The van der Waals surface area contributed by atoms with Gasteiger partial charge in [0, 0.05) is 24.3 Å². The van der Waals surface area contributed by atoms with Gasteiger partial charge in [-0.1, -0.05) is 13.2 Å². The fraction of sp³-hybridized carbons (Fsp3) is 0.0909. The molecule has 0 saturated carbocycles. The first kappa shape index (κ1) is 16.7. The summed E-state index contributed by atoms with van der Waals surface area (Å²) in [4.78, 5) is 29.7. The van der Waals surface area contributed by atoms with Crippen LogP contribution in [0, 0.1) is 11.3 Å². The van der Waals surface area contributed by atoms with E-state index < -0.39 is 17.9 Å². The standard InChI is InChI=1S/C4H2O3.C4H6O2.C3H3N/c5-3-1-2-4(6)7-3;1-3-4(5)6-2;1-2-3-4/h1-2H;3H,1H2,2H3;2H,1H2. The minimum atomic E-state index is -0.579. The molecule has 1 rings (SSSR count). The Morgan fingerprint density at radius 3 is 1.88 bits per heavy atom. The van der Waals surface area contributed by atoms with Crippen molar-refractivity contribution < 1.29 is 23.9 Å². The van der Waals surface area contributed by atoms with Gasteiger partial charge >= 0.3 is 17.9 Å². The van der Waals surface area contributed by atoms with Crippen molar-refractivity contribution in [2.24, 2.45) is 0 Å². The lowest BCUT2D eigenvalue weighted by Crippen LogP contribution is -1.96.